The first-order chi connectivity index (χ1) is 8.58. The number of nitrogens with one attached hydrogen (secondary N) is 1. The number of carbonyl (C=O) groups is 1. The van der Waals surface area contributed by atoms with Gasteiger partial charge in [0.05, 0.1) is 11.4 Å². The summed E-state index contributed by atoms with van der Waals surface area (Å²) in [6.45, 7) is 3.14. The zero-order valence-corrected chi connectivity index (χ0v) is 10.3. The molecule has 0 aliphatic carbocycles. The number of carbonyl (C=O) groups excluding carboxylic acids is 1. The van der Waals surface area contributed by atoms with Gasteiger partial charge in [0.15, 0.2) is 0 Å². The molecule has 1 fully saturated rings. The summed E-state index contributed by atoms with van der Waals surface area (Å²) in [4.78, 5) is 12.1. The first-order valence-electron chi connectivity index (χ1n) is 6.01. The maximum absolute atomic E-state index is 13.1. The van der Waals surface area contributed by atoms with E-state index in [9.17, 15) is 9.18 Å². The molecule has 98 valence electrons. The van der Waals surface area contributed by atoms with Crippen molar-refractivity contribution in [2.75, 3.05) is 24.3 Å². The molecule has 0 spiro atoms. The summed E-state index contributed by atoms with van der Waals surface area (Å²) in [5.41, 5.74) is 6.39. The van der Waals surface area contributed by atoms with Gasteiger partial charge in [-0.15, -0.1) is 0 Å². The van der Waals surface area contributed by atoms with Crippen LogP contribution in [0, 0.1) is 17.7 Å². The minimum atomic E-state index is -0.417. The normalized spacial score (nSPS) is 23.7. The van der Waals surface area contributed by atoms with Gasteiger partial charge in [-0.05, 0) is 30.5 Å². The molecule has 2 atom stereocenters. The lowest BCUT2D eigenvalue weighted by Gasteiger charge is -2.27. The van der Waals surface area contributed by atoms with Crippen LogP contribution in [0.3, 0.4) is 0 Å². The van der Waals surface area contributed by atoms with E-state index in [1.807, 2.05) is 6.92 Å². The van der Waals surface area contributed by atoms with Crippen LogP contribution in [-0.4, -0.2) is 19.1 Å². The number of nitrogens with two attached hydrogens (primary N) is 1. The molecule has 1 aromatic carbocycles. The molecule has 5 heteroatoms. The average Bonchev–Trinajstić information content (AvgIpc) is 2.34. The van der Waals surface area contributed by atoms with Crippen LogP contribution in [0.15, 0.2) is 18.2 Å². The number of nitrogen functional groups attached to an aromatic ring is 1. The lowest BCUT2D eigenvalue weighted by atomic mass is 9.89. The fourth-order valence-corrected chi connectivity index (χ4v) is 2.13. The summed E-state index contributed by atoms with van der Waals surface area (Å²) in [6, 6.07) is 3.94. The Balaban J connectivity index is 2.08. The first kappa shape index (κ1) is 12.8. The number of hydrogen-bond acceptors (Lipinski definition) is 3. The Kier molecular flexibility index (Phi) is 3.81. The highest BCUT2D eigenvalue weighted by Gasteiger charge is 2.28. The van der Waals surface area contributed by atoms with Crippen LogP contribution in [0.25, 0.3) is 0 Å². The topological polar surface area (TPSA) is 64.3 Å². The van der Waals surface area contributed by atoms with Gasteiger partial charge in [-0.25, -0.2) is 4.39 Å². The Morgan fingerprint density at radius 1 is 1.56 bits per heavy atom. The molecular formula is C13H17FN2O2. The van der Waals surface area contributed by atoms with Crippen LogP contribution in [-0.2, 0) is 9.53 Å². The molecular weight excluding hydrogens is 235 g/mol. The van der Waals surface area contributed by atoms with Crippen molar-refractivity contribution in [3.63, 3.8) is 0 Å². The van der Waals surface area contributed by atoms with E-state index in [0.717, 1.165) is 0 Å². The lowest BCUT2D eigenvalue weighted by Crippen LogP contribution is -2.35. The Labute approximate surface area is 105 Å². The number of hydrogen-bond donors (Lipinski definition) is 2. The second-order valence-corrected chi connectivity index (χ2v) is 4.67. The van der Waals surface area contributed by atoms with Crippen molar-refractivity contribution in [1.82, 2.24) is 0 Å². The van der Waals surface area contributed by atoms with Crippen molar-refractivity contribution in [2.24, 2.45) is 11.8 Å². The maximum Gasteiger partial charge on any atom is 0.227 e. The van der Waals surface area contributed by atoms with Gasteiger partial charge in [-0.3, -0.25) is 4.79 Å². The minimum Gasteiger partial charge on any atom is -0.397 e. The van der Waals surface area contributed by atoms with Gasteiger partial charge in [0, 0.05) is 19.1 Å². The molecule has 0 bridgehead atoms. The maximum atomic E-state index is 13.1. The summed E-state index contributed by atoms with van der Waals surface area (Å²) < 4.78 is 18.4. The van der Waals surface area contributed by atoms with Crippen LogP contribution >= 0.6 is 0 Å². The van der Waals surface area contributed by atoms with Gasteiger partial charge in [0.25, 0.3) is 0 Å². The molecule has 18 heavy (non-hydrogen) atoms. The predicted octanol–water partition coefficient (Wildman–Crippen LogP) is 2.02. The Hall–Kier alpha value is -1.62. The number of rotatable bonds is 2. The van der Waals surface area contributed by atoms with E-state index >= 15 is 0 Å². The fourth-order valence-electron chi connectivity index (χ4n) is 2.13. The van der Waals surface area contributed by atoms with Crippen molar-refractivity contribution in [2.45, 2.75) is 13.3 Å². The van der Waals surface area contributed by atoms with Crippen molar-refractivity contribution in [3.05, 3.63) is 24.0 Å². The van der Waals surface area contributed by atoms with Crippen molar-refractivity contribution < 1.29 is 13.9 Å². The highest BCUT2D eigenvalue weighted by Crippen LogP contribution is 2.25. The Morgan fingerprint density at radius 2 is 2.33 bits per heavy atom. The van der Waals surface area contributed by atoms with Gasteiger partial charge in [0.2, 0.25) is 5.91 Å². The first-order valence-corrected chi connectivity index (χ1v) is 6.01. The summed E-state index contributed by atoms with van der Waals surface area (Å²) in [6.07, 6.45) is 0.683. The van der Waals surface area contributed by atoms with Crippen molar-refractivity contribution >= 4 is 17.3 Å². The molecule has 0 aromatic heterocycles. The predicted molar refractivity (Wildman–Crippen MR) is 67.5 cm³/mol. The summed E-state index contributed by atoms with van der Waals surface area (Å²) in [5.74, 6) is -0.488. The molecule has 0 saturated carbocycles. The summed E-state index contributed by atoms with van der Waals surface area (Å²) >= 11 is 0. The van der Waals surface area contributed by atoms with Crippen LogP contribution in [0.2, 0.25) is 0 Å². The summed E-state index contributed by atoms with van der Waals surface area (Å²) in [7, 11) is 0. The Morgan fingerprint density at radius 3 is 3.06 bits per heavy atom. The number of amides is 1. The monoisotopic (exact) mass is 252 g/mol. The molecule has 1 amide bonds. The molecule has 0 radical (unpaired) electrons. The van der Waals surface area contributed by atoms with Gasteiger partial charge in [-0.2, -0.15) is 0 Å². The van der Waals surface area contributed by atoms with Crippen LogP contribution < -0.4 is 11.1 Å². The van der Waals surface area contributed by atoms with Crippen molar-refractivity contribution in [3.8, 4) is 0 Å². The number of anilines is 2. The second kappa shape index (κ2) is 5.35. The van der Waals surface area contributed by atoms with Crippen LogP contribution in [0.5, 0.6) is 0 Å². The molecule has 3 N–H and O–H groups in total. The number of benzene rings is 1. The minimum absolute atomic E-state index is 0.110. The van der Waals surface area contributed by atoms with E-state index in [2.05, 4.69) is 5.32 Å². The van der Waals surface area contributed by atoms with Gasteiger partial charge < -0.3 is 15.8 Å². The number of halogens is 1. The third kappa shape index (κ3) is 2.79. The summed E-state index contributed by atoms with van der Waals surface area (Å²) in [5, 5.41) is 2.69. The third-order valence-electron chi connectivity index (χ3n) is 3.25. The third-order valence-corrected chi connectivity index (χ3v) is 3.25. The largest absolute Gasteiger partial charge is 0.397 e. The molecule has 4 nitrogen and oxygen atoms in total. The van der Waals surface area contributed by atoms with E-state index in [0.29, 0.717) is 31.0 Å². The van der Waals surface area contributed by atoms with E-state index in [1.54, 1.807) is 0 Å². The quantitative estimate of drug-likeness (QED) is 0.791. The van der Waals surface area contributed by atoms with E-state index in [4.69, 9.17) is 10.5 Å². The van der Waals surface area contributed by atoms with Gasteiger partial charge in [0.1, 0.15) is 5.82 Å². The zero-order valence-electron chi connectivity index (χ0n) is 10.3. The lowest BCUT2D eigenvalue weighted by molar-refractivity contribution is -0.125. The Bertz CT molecular complexity index is 451. The highest BCUT2D eigenvalue weighted by molar-refractivity contribution is 5.95. The van der Waals surface area contributed by atoms with Gasteiger partial charge >= 0.3 is 0 Å². The SMILES string of the molecule is CC1COCCC1C(=O)Nc1cc(F)ccc1N. The fraction of sp³-hybridized carbons (Fsp3) is 0.462. The van der Waals surface area contributed by atoms with E-state index in [1.165, 1.54) is 18.2 Å². The molecule has 1 aliphatic heterocycles. The van der Waals surface area contributed by atoms with E-state index in [-0.39, 0.29) is 17.7 Å². The smallest absolute Gasteiger partial charge is 0.227 e. The second-order valence-electron chi connectivity index (χ2n) is 4.67. The molecule has 2 rings (SSSR count). The standard InChI is InChI=1S/C13H17FN2O2/c1-8-7-18-5-4-10(8)13(17)16-12-6-9(14)2-3-11(12)15/h2-3,6,8,10H,4-5,7,15H2,1H3,(H,16,17). The molecule has 1 aliphatic rings. The highest BCUT2D eigenvalue weighted by atomic mass is 19.1. The molecule has 1 aromatic rings. The molecule has 1 saturated heterocycles. The number of ether oxygens (including phenoxy) is 1. The molecule has 1 heterocycles. The average molecular weight is 252 g/mol. The van der Waals surface area contributed by atoms with Gasteiger partial charge in [-0.1, -0.05) is 6.92 Å². The van der Waals surface area contributed by atoms with Crippen molar-refractivity contribution in [1.29, 1.82) is 0 Å². The van der Waals surface area contributed by atoms with E-state index < -0.39 is 5.82 Å². The van der Waals surface area contributed by atoms with Crippen LogP contribution in [0.1, 0.15) is 13.3 Å². The van der Waals surface area contributed by atoms with Crippen LogP contribution in [0.4, 0.5) is 15.8 Å². The zero-order chi connectivity index (χ0) is 13.1. The molecule has 2 unspecified atom stereocenters.